The zero-order valence-corrected chi connectivity index (χ0v) is 12.1. The Hall–Kier alpha value is -2.44. The zero-order valence-electron chi connectivity index (χ0n) is 12.1. The van der Waals surface area contributed by atoms with Crippen LogP contribution in [0.15, 0.2) is 12.1 Å². The molecule has 0 atom stereocenters. The Morgan fingerprint density at radius 3 is 2.67 bits per heavy atom. The van der Waals surface area contributed by atoms with Gasteiger partial charge in [-0.1, -0.05) is 6.92 Å². The van der Waals surface area contributed by atoms with Crippen molar-refractivity contribution >= 4 is 23.6 Å². The Morgan fingerprint density at radius 1 is 1.43 bits per heavy atom. The number of imide groups is 1. The summed E-state index contributed by atoms with van der Waals surface area (Å²) in [6.07, 6.45) is 0.558. The third-order valence-corrected chi connectivity index (χ3v) is 3.54. The van der Waals surface area contributed by atoms with Gasteiger partial charge in [-0.15, -0.1) is 0 Å². The number of nitrogens with zero attached hydrogens (tertiary/aromatic N) is 2. The van der Waals surface area contributed by atoms with Crippen molar-refractivity contribution in [2.75, 3.05) is 11.4 Å². The van der Waals surface area contributed by atoms with Crippen molar-refractivity contribution in [2.24, 2.45) is 0 Å². The number of aryl methyl sites for hydroxylation is 1. The van der Waals surface area contributed by atoms with Crippen LogP contribution in [0.2, 0.25) is 0 Å². The third-order valence-electron chi connectivity index (χ3n) is 3.54. The molecule has 2 heterocycles. The van der Waals surface area contributed by atoms with Gasteiger partial charge in [-0.2, -0.15) is 0 Å². The summed E-state index contributed by atoms with van der Waals surface area (Å²) in [4.78, 5) is 40.6. The molecule has 7 nitrogen and oxygen atoms in total. The van der Waals surface area contributed by atoms with Crippen LogP contribution in [0.5, 0.6) is 0 Å². The predicted molar refractivity (Wildman–Crippen MR) is 75.1 cm³/mol. The standard InChI is InChI=1S/C14H17N3O4/c1-4-9-5-8(12(19)20)6-10(15-9)17-7-11(18)16-13(21)14(17,2)3/h5-6H,4,7H2,1-3H3,(H,19,20)(H,16,18,21). The van der Waals surface area contributed by atoms with E-state index in [9.17, 15) is 14.4 Å². The van der Waals surface area contributed by atoms with Crippen molar-refractivity contribution in [3.05, 3.63) is 23.4 Å². The molecule has 0 bridgehead atoms. The van der Waals surface area contributed by atoms with Gasteiger partial charge >= 0.3 is 5.97 Å². The molecular formula is C14H17N3O4. The second-order valence-electron chi connectivity index (χ2n) is 5.39. The molecule has 112 valence electrons. The van der Waals surface area contributed by atoms with Crippen LogP contribution < -0.4 is 10.2 Å². The number of nitrogens with one attached hydrogen (secondary N) is 1. The van der Waals surface area contributed by atoms with E-state index < -0.39 is 23.3 Å². The quantitative estimate of drug-likeness (QED) is 0.790. The summed E-state index contributed by atoms with van der Waals surface area (Å²) in [6, 6.07) is 2.87. The minimum atomic E-state index is -1.07. The minimum absolute atomic E-state index is 0.0437. The van der Waals surface area contributed by atoms with Crippen LogP contribution in [-0.4, -0.2) is 40.0 Å². The molecular weight excluding hydrogens is 274 g/mol. The maximum atomic E-state index is 12.0. The Bertz CT molecular complexity index is 625. The van der Waals surface area contributed by atoms with E-state index in [2.05, 4.69) is 10.3 Å². The number of hydrogen-bond donors (Lipinski definition) is 2. The van der Waals surface area contributed by atoms with E-state index in [-0.39, 0.29) is 12.1 Å². The number of carbonyl (C=O) groups excluding carboxylic acids is 2. The zero-order chi connectivity index (χ0) is 15.8. The number of piperazine rings is 1. The molecule has 0 radical (unpaired) electrons. The van der Waals surface area contributed by atoms with Crippen LogP contribution in [0, 0.1) is 0 Å². The fourth-order valence-electron chi connectivity index (χ4n) is 2.17. The van der Waals surface area contributed by atoms with Crippen LogP contribution >= 0.6 is 0 Å². The lowest BCUT2D eigenvalue weighted by atomic mass is 9.98. The number of carbonyl (C=O) groups is 3. The molecule has 21 heavy (non-hydrogen) atoms. The number of rotatable bonds is 3. The van der Waals surface area contributed by atoms with Crippen molar-refractivity contribution in [2.45, 2.75) is 32.7 Å². The number of aromatic carboxylic acids is 1. The van der Waals surface area contributed by atoms with Crippen LogP contribution in [0.1, 0.15) is 36.8 Å². The number of anilines is 1. The fraction of sp³-hybridized carbons (Fsp3) is 0.429. The molecule has 1 aliphatic heterocycles. The fourth-order valence-corrected chi connectivity index (χ4v) is 2.17. The number of hydrogen-bond acceptors (Lipinski definition) is 5. The molecule has 1 aliphatic rings. The Morgan fingerprint density at radius 2 is 2.10 bits per heavy atom. The summed E-state index contributed by atoms with van der Waals surface area (Å²) in [6.45, 7) is 5.14. The Balaban J connectivity index is 2.53. The van der Waals surface area contributed by atoms with E-state index in [4.69, 9.17) is 5.11 Å². The lowest BCUT2D eigenvalue weighted by molar-refractivity contribution is -0.135. The topological polar surface area (TPSA) is 99.6 Å². The Labute approximate surface area is 122 Å². The van der Waals surface area contributed by atoms with Crippen molar-refractivity contribution < 1.29 is 19.5 Å². The largest absolute Gasteiger partial charge is 0.478 e. The molecule has 2 N–H and O–H groups in total. The smallest absolute Gasteiger partial charge is 0.335 e. The van der Waals surface area contributed by atoms with Crippen molar-refractivity contribution in [3.8, 4) is 0 Å². The highest BCUT2D eigenvalue weighted by Crippen LogP contribution is 2.26. The van der Waals surface area contributed by atoms with Crippen molar-refractivity contribution in [3.63, 3.8) is 0 Å². The molecule has 7 heteroatoms. The van der Waals surface area contributed by atoms with Crippen molar-refractivity contribution in [1.82, 2.24) is 10.3 Å². The van der Waals surface area contributed by atoms with E-state index in [1.54, 1.807) is 13.8 Å². The summed E-state index contributed by atoms with van der Waals surface area (Å²) >= 11 is 0. The molecule has 1 fully saturated rings. The van der Waals surface area contributed by atoms with Gasteiger partial charge in [0.2, 0.25) is 5.91 Å². The molecule has 0 aliphatic carbocycles. The van der Waals surface area contributed by atoms with Crippen LogP contribution in [0.3, 0.4) is 0 Å². The van der Waals surface area contributed by atoms with Gasteiger partial charge in [-0.3, -0.25) is 14.9 Å². The van der Waals surface area contributed by atoms with Gasteiger partial charge in [-0.05, 0) is 32.4 Å². The SMILES string of the molecule is CCc1cc(C(=O)O)cc(N2CC(=O)NC(=O)C2(C)C)n1. The average molecular weight is 291 g/mol. The molecule has 1 aromatic rings. The van der Waals surface area contributed by atoms with Gasteiger partial charge < -0.3 is 10.0 Å². The monoisotopic (exact) mass is 291 g/mol. The lowest BCUT2D eigenvalue weighted by Crippen LogP contribution is -2.64. The summed E-state index contributed by atoms with van der Waals surface area (Å²) in [5.74, 6) is -1.61. The number of carboxylic acid groups (broad SMARTS) is 1. The van der Waals surface area contributed by atoms with E-state index in [0.29, 0.717) is 17.9 Å². The first-order valence-corrected chi connectivity index (χ1v) is 6.62. The first-order valence-electron chi connectivity index (χ1n) is 6.62. The van der Waals surface area contributed by atoms with Gasteiger partial charge in [0.05, 0.1) is 12.1 Å². The number of pyridine rings is 1. The Kier molecular flexibility index (Phi) is 3.67. The predicted octanol–water partition coefficient (Wildman–Crippen LogP) is 0.584. The van der Waals surface area contributed by atoms with Crippen LogP contribution in [-0.2, 0) is 16.0 Å². The van der Waals surface area contributed by atoms with E-state index >= 15 is 0 Å². The molecule has 1 aromatic heterocycles. The average Bonchev–Trinajstić information content (AvgIpc) is 2.42. The van der Waals surface area contributed by atoms with Gasteiger partial charge in [-0.25, -0.2) is 9.78 Å². The van der Waals surface area contributed by atoms with Gasteiger partial charge in [0.1, 0.15) is 11.4 Å². The van der Waals surface area contributed by atoms with Crippen molar-refractivity contribution in [1.29, 1.82) is 0 Å². The maximum absolute atomic E-state index is 12.0. The molecule has 0 aromatic carbocycles. The summed E-state index contributed by atoms with van der Waals surface area (Å²) in [5, 5.41) is 11.4. The summed E-state index contributed by atoms with van der Waals surface area (Å²) < 4.78 is 0. The third kappa shape index (κ3) is 2.72. The van der Waals surface area contributed by atoms with E-state index in [1.807, 2.05) is 6.92 Å². The highest BCUT2D eigenvalue weighted by atomic mass is 16.4. The van der Waals surface area contributed by atoms with Crippen LogP contribution in [0.25, 0.3) is 0 Å². The van der Waals surface area contributed by atoms with E-state index in [0.717, 1.165) is 0 Å². The second kappa shape index (κ2) is 5.16. The highest BCUT2D eigenvalue weighted by molar-refractivity contribution is 6.06. The second-order valence-corrected chi connectivity index (χ2v) is 5.39. The first-order chi connectivity index (χ1) is 9.75. The normalized spacial score (nSPS) is 17.6. The summed E-state index contributed by atoms with van der Waals surface area (Å²) in [5.41, 5.74) is -0.298. The molecule has 0 spiro atoms. The number of carboxylic acids is 1. The van der Waals surface area contributed by atoms with Gasteiger partial charge in [0.25, 0.3) is 5.91 Å². The molecule has 0 unspecified atom stereocenters. The summed E-state index contributed by atoms with van der Waals surface area (Å²) in [7, 11) is 0. The van der Waals surface area contributed by atoms with Gasteiger partial charge in [0, 0.05) is 5.69 Å². The number of amides is 2. The molecule has 2 amide bonds. The minimum Gasteiger partial charge on any atom is -0.478 e. The molecule has 2 rings (SSSR count). The lowest BCUT2D eigenvalue weighted by Gasteiger charge is -2.41. The molecule has 1 saturated heterocycles. The first kappa shape index (κ1) is 15.0. The van der Waals surface area contributed by atoms with Crippen LogP contribution in [0.4, 0.5) is 5.82 Å². The van der Waals surface area contributed by atoms with Gasteiger partial charge in [0.15, 0.2) is 0 Å². The maximum Gasteiger partial charge on any atom is 0.335 e. The molecule has 0 saturated carbocycles. The number of aromatic nitrogens is 1. The highest BCUT2D eigenvalue weighted by Gasteiger charge is 2.41. The van der Waals surface area contributed by atoms with E-state index in [1.165, 1.54) is 17.0 Å².